The molecule has 0 amide bonds. The van der Waals surface area contributed by atoms with Crippen molar-refractivity contribution in [2.45, 2.75) is 6.18 Å². The molecule has 0 saturated heterocycles. The summed E-state index contributed by atoms with van der Waals surface area (Å²) in [7, 11) is 0. The maximum absolute atomic E-state index is 12.5. The average Bonchev–Trinajstić information content (AvgIpc) is 2.82. The molecule has 0 atom stereocenters. The van der Waals surface area contributed by atoms with E-state index < -0.39 is 11.7 Å². The Bertz CT molecular complexity index is 714. The van der Waals surface area contributed by atoms with E-state index in [0.29, 0.717) is 11.2 Å². The molecule has 0 aliphatic carbocycles. The standard InChI is InChI=1S/C13H8F3N3/c14-13(15,16)9-5-7-10(8-6-9)19-12-4-2-1-3-11(12)17-18-19/h1-8H. The van der Waals surface area contributed by atoms with E-state index in [9.17, 15) is 13.2 Å². The second kappa shape index (κ2) is 4.08. The third-order valence-corrected chi connectivity index (χ3v) is 2.79. The highest BCUT2D eigenvalue weighted by molar-refractivity contribution is 5.75. The third kappa shape index (κ3) is 2.05. The monoisotopic (exact) mass is 263 g/mol. The number of hydrogen-bond donors (Lipinski definition) is 0. The highest BCUT2D eigenvalue weighted by Gasteiger charge is 2.30. The summed E-state index contributed by atoms with van der Waals surface area (Å²) in [6, 6.07) is 12.1. The normalized spacial score (nSPS) is 11.9. The summed E-state index contributed by atoms with van der Waals surface area (Å²) in [5.74, 6) is 0. The van der Waals surface area contributed by atoms with Gasteiger partial charge in [-0.05, 0) is 36.4 Å². The Hall–Kier alpha value is -2.37. The van der Waals surface area contributed by atoms with E-state index in [0.717, 1.165) is 17.6 Å². The van der Waals surface area contributed by atoms with Crippen LogP contribution in [0.4, 0.5) is 13.2 Å². The van der Waals surface area contributed by atoms with Gasteiger partial charge in [0.05, 0.1) is 16.8 Å². The van der Waals surface area contributed by atoms with E-state index in [1.54, 1.807) is 6.07 Å². The van der Waals surface area contributed by atoms with E-state index in [2.05, 4.69) is 10.3 Å². The molecule has 0 fully saturated rings. The molecule has 1 aromatic heterocycles. The van der Waals surface area contributed by atoms with Gasteiger partial charge in [-0.25, -0.2) is 4.68 Å². The molecule has 0 N–H and O–H groups in total. The van der Waals surface area contributed by atoms with Gasteiger partial charge in [-0.1, -0.05) is 17.3 Å². The van der Waals surface area contributed by atoms with E-state index in [-0.39, 0.29) is 0 Å². The first-order valence-electron chi connectivity index (χ1n) is 5.54. The van der Waals surface area contributed by atoms with Crippen molar-refractivity contribution < 1.29 is 13.2 Å². The van der Waals surface area contributed by atoms with Gasteiger partial charge >= 0.3 is 6.18 Å². The second-order valence-corrected chi connectivity index (χ2v) is 4.03. The van der Waals surface area contributed by atoms with Gasteiger partial charge in [0.2, 0.25) is 0 Å². The van der Waals surface area contributed by atoms with Crippen molar-refractivity contribution in [3.05, 3.63) is 54.1 Å². The van der Waals surface area contributed by atoms with Gasteiger partial charge in [0.25, 0.3) is 0 Å². The lowest BCUT2D eigenvalue weighted by Crippen LogP contribution is -2.05. The molecule has 2 aromatic carbocycles. The Balaban J connectivity index is 2.07. The summed E-state index contributed by atoms with van der Waals surface area (Å²) >= 11 is 0. The molecule has 1 heterocycles. The van der Waals surface area contributed by atoms with Crippen LogP contribution in [0.15, 0.2) is 48.5 Å². The topological polar surface area (TPSA) is 30.7 Å². The number of rotatable bonds is 1. The highest BCUT2D eigenvalue weighted by atomic mass is 19.4. The van der Waals surface area contributed by atoms with Crippen LogP contribution in [0.1, 0.15) is 5.56 Å². The SMILES string of the molecule is FC(F)(F)c1ccc(-n2nnc3ccccc32)cc1. The van der Waals surface area contributed by atoms with Crippen molar-refractivity contribution in [2.24, 2.45) is 0 Å². The molecule has 0 spiro atoms. The Morgan fingerprint density at radius 3 is 2.26 bits per heavy atom. The summed E-state index contributed by atoms with van der Waals surface area (Å²) in [6.07, 6.45) is -4.33. The molecule has 3 aromatic rings. The van der Waals surface area contributed by atoms with E-state index in [4.69, 9.17) is 0 Å². The zero-order valence-electron chi connectivity index (χ0n) is 9.59. The Morgan fingerprint density at radius 1 is 0.895 bits per heavy atom. The minimum Gasteiger partial charge on any atom is -0.213 e. The van der Waals surface area contributed by atoms with Gasteiger partial charge in [0, 0.05) is 0 Å². The lowest BCUT2D eigenvalue weighted by atomic mass is 10.2. The van der Waals surface area contributed by atoms with Crippen LogP contribution in [0, 0.1) is 0 Å². The van der Waals surface area contributed by atoms with Crippen molar-refractivity contribution in [1.82, 2.24) is 15.0 Å². The quantitative estimate of drug-likeness (QED) is 0.673. The molecule has 3 rings (SSSR count). The van der Waals surface area contributed by atoms with Crippen molar-refractivity contribution in [2.75, 3.05) is 0 Å². The predicted octanol–water partition coefficient (Wildman–Crippen LogP) is 3.44. The van der Waals surface area contributed by atoms with Crippen LogP contribution in [0.5, 0.6) is 0 Å². The Morgan fingerprint density at radius 2 is 1.58 bits per heavy atom. The van der Waals surface area contributed by atoms with Gasteiger partial charge in [-0.15, -0.1) is 5.10 Å². The summed E-state index contributed by atoms with van der Waals surface area (Å²) in [5, 5.41) is 7.90. The summed E-state index contributed by atoms with van der Waals surface area (Å²) in [5.41, 5.74) is 1.31. The van der Waals surface area contributed by atoms with Crippen molar-refractivity contribution in [3.8, 4) is 5.69 Å². The number of hydrogen-bond acceptors (Lipinski definition) is 2. The number of alkyl halides is 3. The molecule has 3 nitrogen and oxygen atoms in total. The van der Waals surface area contributed by atoms with Gasteiger partial charge in [0.1, 0.15) is 5.52 Å². The number of nitrogens with zero attached hydrogens (tertiary/aromatic N) is 3. The smallest absolute Gasteiger partial charge is 0.213 e. The van der Waals surface area contributed by atoms with Gasteiger partial charge in [-0.2, -0.15) is 13.2 Å². The van der Waals surface area contributed by atoms with Crippen LogP contribution in [-0.2, 0) is 6.18 Å². The van der Waals surface area contributed by atoms with Gasteiger partial charge in [0.15, 0.2) is 0 Å². The molecule has 0 radical (unpaired) electrons. The number of fused-ring (bicyclic) bond motifs is 1. The fourth-order valence-corrected chi connectivity index (χ4v) is 1.85. The average molecular weight is 263 g/mol. The number of aromatic nitrogens is 3. The van der Waals surface area contributed by atoms with E-state index in [1.165, 1.54) is 16.8 Å². The molecule has 19 heavy (non-hydrogen) atoms. The molecule has 0 saturated carbocycles. The molecular formula is C13H8F3N3. The molecule has 0 unspecified atom stereocenters. The zero-order chi connectivity index (χ0) is 13.5. The zero-order valence-corrected chi connectivity index (χ0v) is 9.59. The summed E-state index contributed by atoms with van der Waals surface area (Å²) in [4.78, 5) is 0. The highest BCUT2D eigenvalue weighted by Crippen LogP contribution is 2.29. The first-order valence-corrected chi connectivity index (χ1v) is 5.54. The van der Waals surface area contributed by atoms with Crippen LogP contribution < -0.4 is 0 Å². The first kappa shape index (κ1) is 11.7. The minimum atomic E-state index is -4.33. The van der Waals surface area contributed by atoms with Gasteiger partial charge in [-0.3, -0.25) is 0 Å². The lowest BCUT2D eigenvalue weighted by Gasteiger charge is -2.07. The molecule has 6 heteroatoms. The fraction of sp³-hybridized carbons (Fsp3) is 0.0769. The number of benzene rings is 2. The van der Waals surface area contributed by atoms with Crippen LogP contribution in [-0.4, -0.2) is 15.0 Å². The van der Waals surface area contributed by atoms with Crippen LogP contribution in [0.3, 0.4) is 0 Å². The van der Waals surface area contributed by atoms with Crippen molar-refractivity contribution in [3.63, 3.8) is 0 Å². The van der Waals surface area contributed by atoms with Crippen LogP contribution >= 0.6 is 0 Å². The first-order chi connectivity index (χ1) is 9.05. The molecule has 0 aliphatic heterocycles. The fourth-order valence-electron chi connectivity index (χ4n) is 1.85. The predicted molar refractivity (Wildman–Crippen MR) is 63.9 cm³/mol. The lowest BCUT2D eigenvalue weighted by molar-refractivity contribution is -0.137. The van der Waals surface area contributed by atoms with E-state index >= 15 is 0 Å². The summed E-state index contributed by atoms with van der Waals surface area (Å²) in [6.45, 7) is 0. The molecule has 0 aliphatic rings. The second-order valence-electron chi connectivity index (χ2n) is 4.03. The van der Waals surface area contributed by atoms with Gasteiger partial charge < -0.3 is 0 Å². The number of para-hydroxylation sites is 1. The maximum Gasteiger partial charge on any atom is 0.416 e. The molecule has 96 valence electrons. The van der Waals surface area contributed by atoms with Crippen molar-refractivity contribution in [1.29, 1.82) is 0 Å². The van der Waals surface area contributed by atoms with E-state index in [1.807, 2.05) is 18.2 Å². The third-order valence-electron chi connectivity index (χ3n) is 2.79. The van der Waals surface area contributed by atoms with Crippen LogP contribution in [0.25, 0.3) is 16.7 Å². The maximum atomic E-state index is 12.5. The van der Waals surface area contributed by atoms with Crippen molar-refractivity contribution >= 4 is 11.0 Å². The number of halogens is 3. The largest absolute Gasteiger partial charge is 0.416 e. The molecular weight excluding hydrogens is 255 g/mol. The van der Waals surface area contributed by atoms with Crippen LogP contribution in [0.2, 0.25) is 0 Å². The Kier molecular flexibility index (Phi) is 2.51. The minimum absolute atomic E-state index is 0.543. The summed E-state index contributed by atoms with van der Waals surface area (Å²) < 4.78 is 39.0. The Labute approximate surface area is 106 Å². The molecule has 0 bridgehead atoms.